The lowest BCUT2D eigenvalue weighted by Crippen LogP contribution is -2.36. The Hall–Kier alpha value is -1.42. The molecule has 116 valence electrons. The highest BCUT2D eigenvalue weighted by Gasteiger charge is 2.24. The lowest BCUT2D eigenvalue weighted by Gasteiger charge is -2.30. The molecular weight excluding hydrogens is 265 g/mol. The molecule has 3 N–H and O–H groups in total. The van der Waals surface area contributed by atoms with Crippen molar-refractivity contribution in [1.29, 1.82) is 5.41 Å². The summed E-state index contributed by atoms with van der Waals surface area (Å²) in [5.41, 5.74) is 6.56. The minimum Gasteiger partial charge on any atom is -0.384 e. The Morgan fingerprint density at radius 3 is 2.57 bits per heavy atom. The molecule has 0 spiro atoms. The molecule has 0 amide bonds. The second-order valence-electron chi connectivity index (χ2n) is 6.48. The highest BCUT2D eigenvalue weighted by molar-refractivity contribution is 5.94. The standard InChI is InChI=1S/C17H26FN3/c1-12(2)10-21(15-5-3-4-6-15)11-14-8-7-13(17(19)20)9-16(14)18/h7-9,12,15H,3-6,10-11H2,1-2H3,(H3,19,20). The van der Waals surface area contributed by atoms with Gasteiger partial charge >= 0.3 is 0 Å². The van der Waals surface area contributed by atoms with E-state index < -0.39 is 0 Å². The molecule has 0 aromatic heterocycles. The third-order valence-electron chi connectivity index (χ3n) is 4.18. The van der Waals surface area contributed by atoms with Gasteiger partial charge in [-0.15, -0.1) is 0 Å². The number of nitrogens with zero attached hydrogens (tertiary/aromatic N) is 1. The number of nitrogens with two attached hydrogens (primary N) is 1. The van der Waals surface area contributed by atoms with Crippen molar-refractivity contribution in [3.05, 3.63) is 35.1 Å². The van der Waals surface area contributed by atoms with Crippen molar-refractivity contribution < 1.29 is 4.39 Å². The van der Waals surface area contributed by atoms with Crippen LogP contribution in [0.3, 0.4) is 0 Å². The Bertz CT molecular complexity index is 493. The Kier molecular flexibility index (Phi) is 5.34. The summed E-state index contributed by atoms with van der Waals surface area (Å²) >= 11 is 0. The van der Waals surface area contributed by atoms with E-state index in [4.69, 9.17) is 11.1 Å². The molecule has 21 heavy (non-hydrogen) atoms. The molecule has 3 nitrogen and oxygen atoms in total. The summed E-state index contributed by atoms with van der Waals surface area (Å²) in [6.45, 7) is 6.06. The van der Waals surface area contributed by atoms with Gasteiger partial charge in [0.25, 0.3) is 0 Å². The van der Waals surface area contributed by atoms with Gasteiger partial charge in [-0.05, 0) is 24.8 Å². The fourth-order valence-corrected chi connectivity index (χ4v) is 3.14. The largest absolute Gasteiger partial charge is 0.384 e. The fourth-order valence-electron chi connectivity index (χ4n) is 3.14. The van der Waals surface area contributed by atoms with Crippen LogP contribution >= 0.6 is 0 Å². The maximum absolute atomic E-state index is 14.2. The van der Waals surface area contributed by atoms with Crippen molar-refractivity contribution in [3.8, 4) is 0 Å². The van der Waals surface area contributed by atoms with Crippen LogP contribution < -0.4 is 5.73 Å². The smallest absolute Gasteiger partial charge is 0.128 e. The van der Waals surface area contributed by atoms with Gasteiger partial charge < -0.3 is 5.73 Å². The molecule has 0 radical (unpaired) electrons. The predicted octanol–water partition coefficient (Wildman–Crippen LogP) is 3.51. The van der Waals surface area contributed by atoms with Crippen LogP contribution in [0.4, 0.5) is 4.39 Å². The van der Waals surface area contributed by atoms with Crippen molar-refractivity contribution in [3.63, 3.8) is 0 Å². The molecule has 0 heterocycles. The van der Waals surface area contributed by atoms with E-state index in [9.17, 15) is 4.39 Å². The summed E-state index contributed by atoms with van der Waals surface area (Å²) in [6, 6.07) is 5.47. The molecule has 0 saturated heterocycles. The first-order valence-electron chi connectivity index (χ1n) is 7.84. The maximum Gasteiger partial charge on any atom is 0.128 e. The number of halogens is 1. The van der Waals surface area contributed by atoms with Crippen LogP contribution in [0.2, 0.25) is 0 Å². The van der Waals surface area contributed by atoms with Gasteiger partial charge in [0, 0.05) is 30.3 Å². The van der Waals surface area contributed by atoms with E-state index in [1.807, 2.05) is 0 Å². The molecule has 1 aromatic carbocycles. The maximum atomic E-state index is 14.2. The topological polar surface area (TPSA) is 53.1 Å². The molecule has 1 saturated carbocycles. The number of rotatable bonds is 6. The van der Waals surface area contributed by atoms with Gasteiger partial charge in [-0.25, -0.2) is 4.39 Å². The third-order valence-corrected chi connectivity index (χ3v) is 4.18. The Balaban J connectivity index is 2.13. The summed E-state index contributed by atoms with van der Waals surface area (Å²) in [7, 11) is 0. The monoisotopic (exact) mass is 291 g/mol. The zero-order chi connectivity index (χ0) is 15.4. The zero-order valence-corrected chi connectivity index (χ0v) is 13.0. The molecule has 1 aromatic rings. The van der Waals surface area contributed by atoms with E-state index in [1.54, 1.807) is 12.1 Å². The van der Waals surface area contributed by atoms with Crippen LogP contribution in [0.1, 0.15) is 50.7 Å². The first kappa shape index (κ1) is 16.0. The van der Waals surface area contributed by atoms with Gasteiger partial charge in [0.15, 0.2) is 0 Å². The van der Waals surface area contributed by atoms with Crippen LogP contribution in [-0.2, 0) is 6.54 Å². The Labute approximate surface area is 126 Å². The van der Waals surface area contributed by atoms with E-state index >= 15 is 0 Å². The average Bonchev–Trinajstić information content (AvgIpc) is 2.93. The minimum atomic E-state index is -0.255. The molecule has 2 rings (SSSR count). The summed E-state index contributed by atoms with van der Waals surface area (Å²) < 4.78 is 14.2. The van der Waals surface area contributed by atoms with Gasteiger partial charge in [-0.2, -0.15) is 0 Å². The van der Waals surface area contributed by atoms with Crippen molar-refractivity contribution in [2.45, 2.75) is 52.1 Å². The molecule has 0 atom stereocenters. The molecule has 0 unspecified atom stereocenters. The molecule has 1 aliphatic rings. The van der Waals surface area contributed by atoms with Crippen LogP contribution in [0, 0.1) is 17.1 Å². The zero-order valence-electron chi connectivity index (χ0n) is 13.0. The first-order chi connectivity index (χ1) is 9.97. The number of nitrogens with one attached hydrogen (secondary N) is 1. The minimum absolute atomic E-state index is 0.0877. The second-order valence-corrected chi connectivity index (χ2v) is 6.48. The van der Waals surface area contributed by atoms with Gasteiger partial charge in [0.1, 0.15) is 11.7 Å². The SMILES string of the molecule is CC(C)CN(Cc1ccc(C(=N)N)cc1F)C1CCCC1. The number of amidine groups is 1. The summed E-state index contributed by atoms with van der Waals surface area (Å²) in [5, 5.41) is 7.37. The summed E-state index contributed by atoms with van der Waals surface area (Å²) in [6.07, 6.45) is 5.01. The van der Waals surface area contributed by atoms with Crippen LogP contribution in [-0.4, -0.2) is 23.3 Å². The Morgan fingerprint density at radius 1 is 1.38 bits per heavy atom. The highest BCUT2D eigenvalue weighted by Crippen LogP contribution is 2.26. The normalized spacial score (nSPS) is 16.0. The molecule has 0 aliphatic heterocycles. The number of nitrogen functional groups attached to an aromatic ring is 1. The lowest BCUT2D eigenvalue weighted by molar-refractivity contribution is 0.166. The van der Waals surface area contributed by atoms with Crippen LogP contribution in [0.5, 0.6) is 0 Å². The van der Waals surface area contributed by atoms with Crippen LogP contribution in [0.15, 0.2) is 18.2 Å². The van der Waals surface area contributed by atoms with E-state index in [1.165, 1.54) is 31.7 Å². The van der Waals surface area contributed by atoms with E-state index in [0.717, 1.165) is 6.54 Å². The van der Waals surface area contributed by atoms with Gasteiger partial charge in [-0.1, -0.05) is 38.8 Å². The molecule has 4 heteroatoms. The average molecular weight is 291 g/mol. The van der Waals surface area contributed by atoms with Crippen LogP contribution in [0.25, 0.3) is 0 Å². The molecular formula is C17H26FN3. The highest BCUT2D eigenvalue weighted by atomic mass is 19.1. The van der Waals surface area contributed by atoms with Gasteiger partial charge in [-0.3, -0.25) is 10.3 Å². The quantitative estimate of drug-likeness (QED) is 0.622. The lowest BCUT2D eigenvalue weighted by atomic mass is 10.1. The van der Waals surface area contributed by atoms with Gasteiger partial charge in [0.05, 0.1) is 0 Å². The number of benzene rings is 1. The van der Waals surface area contributed by atoms with Gasteiger partial charge in [0.2, 0.25) is 0 Å². The predicted molar refractivity (Wildman–Crippen MR) is 84.9 cm³/mol. The van der Waals surface area contributed by atoms with Crippen molar-refractivity contribution >= 4 is 5.84 Å². The Morgan fingerprint density at radius 2 is 2.05 bits per heavy atom. The summed E-state index contributed by atoms with van der Waals surface area (Å²) in [4.78, 5) is 2.42. The molecule has 1 fully saturated rings. The molecule has 0 bridgehead atoms. The van der Waals surface area contributed by atoms with Crippen molar-refractivity contribution in [1.82, 2.24) is 4.90 Å². The third kappa shape index (κ3) is 4.27. The number of hydrogen-bond donors (Lipinski definition) is 2. The van der Waals surface area contributed by atoms with E-state index in [-0.39, 0.29) is 11.7 Å². The fraction of sp³-hybridized carbons (Fsp3) is 0.588. The van der Waals surface area contributed by atoms with E-state index in [0.29, 0.717) is 29.6 Å². The first-order valence-corrected chi connectivity index (χ1v) is 7.84. The second kappa shape index (κ2) is 7.03. The van der Waals surface area contributed by atoms with E-state index in [2.05, 4.69) is 18.7 Å². The summed E-state index contributed by atoms with van der Waals surface area (Å²) in [5.74, 6) is 0.231. The van der Waals surface area contributed by atoms with Crippen molar-refractivity contribution in [2.75, 3.05) is 6.54 Å². The van der Waals surface area contributed by atoms with Crippen molar-refractivity contribution in [2.24, 2.45) is 11.7 Å². The number of hydrogen-bond acceptors (Lipinski definition) is 2. The molecule has 1 aliphatic carbocycles.